The summed E-state index contributed by atoms with van der Waals surface area (Å²) < 4.78 is 0. The molecule has 18 heavy (non-hydrogen) atoms. The van der Waals surface area contributed by atoms with Crippen molar-refractivity contribution < 1.29 is 15.0 Å². The summed E-state index contributed by atoms with van der Waals surface area (Å²) in [5, 5.41) is 18.8. The van der Waals surface area contributed by atoms with Crippen molar-refractivity contribution in [2.75, 3.05) is 19.6 Å². The van der Waals surface area contributed by atoms with Crippen LogP contribution in [0.1, 0.15) is 22.3 Å². The zero-order valence-corrected chi connectivity index (χ0v) is 10.5. The first-order valence-corrected chi connectivity index (χ1v) is 6.25. The summed E-state index contributed by atoms with van der Waals surface area (Å²) in [5.41, 5.74) is 1.75. The summed E-state index contributed by atoms with van der Waals surface area (Å²) in [6.45, 7) is 3.41. The van der Waals surface area contributed by atoms with Crippen LogP contribution in [-0.2, 0) is 0 Å². The van der Waals surface area contributed by atoms with E-state index in [1.54, 1.807) is 0 Å². The van der Waals surface area contributed by atoms with Gasteiger partial charge in [-0.15, -0.1) is 0 Å². The van der Waals surface area contributed by atoms with Crippen LogP contribution in [0, 0.1) is 6.92 Å². The fourth-order valence-corrected chi connectivity index (χ4v) is 2.31. The minimum Gasteiger partial charge on any atom is -0.389 e. The average Bonchev–Trinajstić information content (AvgIpc) is 2.66. The van der Waals surface area contributed by atoms with Crippen molar-refractivity contribution >= 4 is 5.78 Å². The number of aliphatic hydroxyl groups excluding tert-OH is 2. The van der Waals surface area contributed by atoms with Crippen molar-refractivity contribution in [1.29, 1.82) is 0 Å². The Hall–Kier alpha value is -1.23. The van der Waals surface area contributed by atoms with Gasteiger partial charge in [-0.2, -0.15) is 0 Å². The molecule has 1 heterocycles. The van der Waals surface area contributed by atoms with E-state index in [1.165, 1.54) is 0 Å². The lowest BCUT2D eigenvalue weighted by Gasteiger charge is -2.14. The summed E-state index contributed by atoms with van der Waals surface area (Å²) in [6, 6.07) is 7.55. The van der Waals surface area contributed by atoms with Crippen LogP contribution in [0.3, 0.4) is 0 Å². The minimum absolute atomic E-state index is 0.115. The largest absolute Gasteiger partial charge is 0.389 e. The molecular weight excluding hydrogens is 230 g/mol. The van der Waals surface area contributed by atoms with Crippen LogP contribution >= 0.6 is 0 Å². The number of likely N-dealkylation sites (tertiary alicyclic amines) is 1. The molecule has 0 amide bonds. The van der Waals surface area contributed by atoms with E-state index in [0.717, 1.165) is 11.1 Å². The summed E-state index contributed by atoms with van der Waals surface area (Å²) in [4.78, 5) is 14.0. The van der Waals surface area contributed by atoms with Crippen molar-refractivity contribution in [3.63, 3.8) is 0 Å². The first-order valence-electron chi connectivity index (χ1n) is 6.25. The first-order chi connectivity index (χ1) is 8.58. The molecule has 0 aromatic heterocycles. The summed E-state index contributed by atoms with van der Waals surface area (Å²) in [7, 11) is 0. The molecule has 4 heteroatoms. The Morgan fingerprint density at radius 3 is 2.50 bits per heavy atom. The van der Waals surface area contributed by atoms with Crippen LogP contribution in [0.25, 0.3) is 0 Å². The molecule has 1 aromatic rings. The number of β-amino-alcohol motifs (C(OH)–C–C–N with tert-alkyl or cyclic N) is 2. The van der Waals surface area contributed by atoms with E-state index in [4.69, 9.17) is 0 Å². The standard InChI is InChI=1S/C14H19NO3/c1-10-4-2-3-5-11(10)12(16)6-7-15-8-13(17)14(18)9-15/h2-5,13-14,17-18H,6-9H2,1H3. The molecule has 2 N–H and O–H groups in total. The number of carbonyl (C=O) groups is 1. The molecule has 0 spiro atoms. The van der Waals surface area contributed by atoms with Crippen LogP contribution < -0.4 is 0 Å². The van der Waals surface area contributed by atoms with Gasteiger partial charge in [0.1, 0.15) is 0 Å². The molecular formula is C14H19NO3. The number of hydrogen-bond acceptors (Lipinski definition) is 4. The normalized spacial score (nSPS) is 24.4. The van der Waals surface area contributed by atoms with Gasteiger partial charge in [0.25, 0.3) is 0 Å². The predicted molar refractivity (Wildman–Crippen MR) is 68.6 cm³/mol. The maximum absolute atomic E-state index is 12.0. The van der Waals surface area contributed by atoms with E-state index < -0.39 is 12.2 Å². The molecule has 1 aliphatic rings. The van der Waals surface area contributed by atoms with Gasteiger partial charge < -0.3 is 10.2 Å². The molecule has 0 aliphatic carbocycles. The van der Waals surface area contributed by atoms with Crippen LogP contribution in [-0.4, -0.2) is 52.7 Å². The van der Waals surface area contributed by atoms with Crippen LogP contribution in [0.5, 0.6) is 0 Å². The smallest absolute Gasteiger partial charge is 0.164 e. The van der Waals surface area contributed by atoms with Crippen LogP contribution in [0.4, 0.5) is 0 Å². The summed E-state index contributed by atoms with van der Waals surface area (Å²) in [6.07, 6.45) is -0.943. The minimum atomic E-state index is -0.682. The fourth-order valence-electron chi connectivity index (χ4n) is 2.31. The first kappa shape index (κ1) is 13.2. The molecule has 4 nitrogen and oxygen atoms in total. The quantitative estimate of drug-likeness (QED) is 0.767. The topological polar surface area (TPSA) is 60.8 Å². The van der Waals surface area contributed by atoms with Crippen LogP contribution in [0.2, 0.25) is 0 Å². The van der Waals surface area contributed by atoms with Gasteiger partial charge in [-0.05, 0) is 12.5 Å². The molecule has 2 rings (SSSR count). The van der Waals surface area contributed by atoms with E-state index in [0.29, 0.717) is 26.1 Å². The lowest BCUT2D eigenvalue weighted by Crippen LogP contribution is -2.25. The molecule has 98 valence electrons. The summed E-state index contributed by atoms with van der Waals surface area (Å²) in [5.74, 6) is 0.115. The number of carbonyl (C=O) groups excluding carboxylic acids is 1. The lowest BCUT2D eigenvalue weighted by atomic mass is 10.0. The van der Waals surface area contributed by atoms with Gasteiger partial charge in [0, 0.05) is 31.6 Å². The molecule has 0 radical (unpaired) electrons. The van der Waals surface area contributed by atoms with Gasteiger partial charge in [0.2, 0.25) is 0 Å². The molecule has 0 saturated carbocycles. The maximum Gasteiger partial charge on any atom is 0.164 e. The highest BCUT2D eigenvalue weighted by Gasteiger charge is 2.29. The number of Topliss-reactive ketones (excluding diaryl/α,β-unsaturated/α-hetero) is 1. The predicted octanol–water partition coefficient (Wildman–Crippen LogP) is 0.605. The Bertz CT molecular complexity index is 423. The monoisotopic (exact) mass is 249 g/mol. The lowest BCUT2D eigenvalue weighted by molar-refractivity contribution is 0.0572. The number of rotatable bonds is 4. The van der Waals surface area contributed by atoms with Gasteiger partial charge in [-0.25, -0.2) is 0 Å². The highest BCUT2D eigenvalue weighted by atomic mass is 16.3. The van der Waals surface area contributed by atoms with Crippen molar-refractivity contribution in [3.8, 4) is 0 Å². The van der Waals surface area contributed by atoms with E-state index in [1.807, 2.05) is 36.1 Å². The van der Waals surface area contributed by atoms with Gasteiger partial charge in [-0.3, -0.25) is 9.69 Å². The molecule has 2 unspecified atom stereocenters. The Morgan fingerprint density at radius 1 is 1.28 bits per heavy atom. The number of aliphatic hydroxyl groups is 2. The number of nitrogens with zero attached hydrogens (tertiary/aromatic N) is 1. The number of hydrogen-bond donors (Lipinski definition) is 2. The van der Waals surface area contributed by atoms with Gasteiger partial charge in [-0.1, -0.05) is 24.3 Å². The molecule has 0 bridgehead atoms. The van der Waals surface area contributed by atoms with Crippen molar-refractivity contribution in [2.24, 2.45) is 0 Å². The van der Waals surface area contributed by atoms with Gasteiger partial charge in [0.15, 0.2) is 5.78 Å². The molecule has 1 fully saturated rings. The highest BCUT2D eigenvalue weighted by molar-refractivity contribution is 5.97. The average molecular weight is 249 g/mol. The Kier molecular flexibility index (Phi) is 4.11. The third-order valence-corrected chi connectivity index (χ3v) is 3.44. The summed E-state index contributed by atoms with van der Waals surface area (Å²) >= 11 is 0. The molecule has 1 saturated heterocycles. The van der Waals surface area contributed by atoms with Gasteiger partial charge >= 0.3 is 0 Å². The SMILES string of the molecule is Cc1ccccc1C(=O)CCN1CC(O)C(O)C1. The van der Waals surface area contributed by atoms with E-state index in [9.17, 15) is 15.0 Å². The van der Waals surface area contributed by atoms with Crippen molar-refractivity contribution in [2.45, 2.75) is 25.6 Å². The van der Waals surface area contributed by atoms with E-state index >= 15 is 0 Å². The zero-order valence-electron chi connectivity index (χ0n) is 10.5. The second-order valence-electron chi connectivity index (χ2n) is 4.88. The Labute approximate surface area is 107 Å². The van der Waals surface area contributed by atoms with Crippen molar-refractivity contribution in [3.05, 3.63) is 35.4 Å². The highest BCUT2D eigenvalue weighted by Crippen LogP contribution is 2.13. The Morgan fingerprint density at radius 2 is 1.89 bits per heavy atom. The maximum atomic E-state index is 12.0. The van der Waals surface area contributed by atoms with E-state index in [-0.39, 0.29) is 5.78 Å². The fraction of sp³-hybridized carbons (Fsp3) is 0.500. The second kappa shape index (κ2) is 5.61. The number of ketones is 1. The second-order valence-corrected chi connectivity index (χ2v) is 4.88. The number of aryl methyl sites for hydroxylation is 1. The van der Waals surface area contributed by atoms with Crippen LogP contribution in [0.15, 0.2) is 24.3 Å². The zero-order chi connectivity index (χ0) is 13.1. The Balaban J connectivity index is 1.88. The van der Waals surface area contributed by atoms with Crippen molar-refractivity contribution in [1.82, 2.24) is 4.90 Å². The third kappa shape index (κ3) is 2.96. The molecule has 1 aromatic carbocycles. The molecule has 2 atom stereocenters. The van der Waals surface area contributed by atoms with Gasteiger partial charge in [0.05, 0.1) is 12.2 Å². The third-order valence-electron chi connectivity index (χ3n) is 3.44. The van der Waals surface area contributed by atoms with E-state index in [2.05, 4.69) is 0 Å². The molecule has 1 aliphatic heterocycles. The number of benzene rings is 1.